The fourth-order valence-electron chi connectivity index (χ4n) is 1.72. The molecule has 0 spiro atoms. The van der Waals surface area contributed by atoms with Gasteiger partial charge in [0, 0.05) is 16.8 Å². The van der Waals surface area contributed by atoms with Gasteiger partial charge in [-0.2, -0.15) is 0 Å². The summed E-state index contributed by atoms with van der Waals surface area (Å²) in [6.45, 7) is 7.42. The van der Waals surface area contributed by atoms with Gasteiger partial charge in [0.15, 0.2) is 10.8 Å². The third kappa shape index (κ3) is 2.58. The molecule has 0 saturated carbocycles. The first kappa shape index (κ1) is 12.3. The molecule has 0 saturated heterocycles. The summed E-state index contributed by atoms with van der Waals surface area (Å²) in [7, 11) is 1.96. The van der Waals surface area contributed by atoms with Crippen molar-refractivity contribution in [1.82, 2.24) is 10.3 Å². The molecule has 92 valence electrons. The maximum absolute atomic E-state index is 5.41. The van der Waals surface area contributed by atoms with E-state index in [-0.39, 0.29) is 5.41 Å². The summed E-state index contributed by atoms with van der Waals surface area (Å²) in [5.41, 5.74) is 1.22. The van der Waals surface area contributed by atoms with E-state index in [9.17, 15) is 0 Å². The van der Waals surface area contributed by atoms with Gasteiger partial charge in [0.2, 0.25) is 0 Å². The topological polar surface area (TPSA) is 38.1 Å². The van der Waals surface area contributed by atoms with Crippen LogP contribution in [0.5, 0.6) is 0 Å². The summed E-state index contributed by atoms with van der Waals surface area (Å²) < 4.78 is 5.41. The van der Waals surface area contributed by atoms with Crippen LogP contribution in [0.3, 0.4) is 0 Å². The molecule has 2 aromatic heterocycles. The van der Waals surface area contributed by atoms with Gasteiger partial charge >= 0.3 is 0 Å². The SMILES string of the molecule is CNCc1sc(-c2ccco2)nc1C(C)(C)C. The van der Waals surface area contributed by atoms with Gasteiger partial charge in [0.05, 0.1) is 12.0 Å². The lowest BCUT2D eigenvalue weighted by molar-refractivity contribution is 0.559. The highest BCUT2D eigenvalue weighted by molar-refractivity contribution is 7.15. The van der Waals surface area contributed by atoms with Crippen LogP contribution in [0, 0.1) is 0 Å². The molecule has 0 radical (unpaired) electrons. The predicted molar refractivity (Wildman–Crippen MR) is 71.3 cm³/mol. The molecular weight excluding hydrogens is 232 g/mol. The Labute approximate surface area is 106 Å². The van der Waals surface area contributed by atoms with Gasteiger partial charge in [0.25, 0.3) is 0 Å². The molecule has 0 amide bonds. The third-order valence-corrected chi connectivity index (χ3v) is 3.55. The first-order chi connectivity index (χ1) is 8.02. The predicted octanol–water partition coefficient (Wildman–Crippen LogP) is 3.42. The molecule has 3 nitrogen and oxygen atoms in total. The van der Waals surface area contributed by atoms with E-state index in [0.717, 1.165) is 23.0 Å². The second-order valence-corrected chi connectivity index (χ2v) is 6.13. The van der Waals surface area contributed by atoms with Crippen molar-refractivity contribution in [2.75, 3.05) is 7.05 Å². The number of hydrogen-bond acceptors (Lipinski definition) is 4. The largest absolute Gasteiger partial charge is 0.462 e. The van der Waals surface area contributed by atoms with E-state index >= 15 is 0 Å². The molecule has 2 aromatic rings. The standard InChI is InChI=1S/C13H18N2OS/c1-13(2,3)11-10(8-14-4)17-12(15-11)9-6-5-7-16-9/h5-7,14H,8H2,1-4H3. The minimum absolute atomic E-state index is 0.0630. The second-order valence-electron chi connectivity index (χ2n) is 5.05. The van der Waals surface area contributed by atoms with Crippen LogP contribution in [0.4, 0.5) is 0 Å². The Morgan fingerprint density at radius 2 is 2.18 bits per heavy atom. The van der Waals surface area contributed by atoms with Crippen molar-refractivity contribution in [2.24, 2.45) is 0 Å². The Morgan fingerprint density at radius 3 is 2.71 bits per heavy atom. The van der Waals surface area contributed by atoms with Crippen LogP contribution in [-0.4, -0.2) is 12.0 Å². The fourth-order valence-corrected chi connectivity index (χ4v) is 2.98. The van der Waals surface area contributed by atoms with Gasteiger partial charge in [-0.15, -0.1) is 11.3 Å². The smallest absolute Gasteiger partial charge is 0.162 e. The molecule has 0 fully saturated rings. The van der Waals surface area contributed by atoms with Crippen molar-refractivity contribution in [2.45, 2.75) is 32.7 Å². The van der Waals surface area contributed by atoms with Crippen LogP contribution < -0.4 is 5.32 Å². The van der Waals surface area contributed by atoms with Gasteiger partial charge in [-0.25, -0.2) is 4.98 Å². The zero-order valence-electron chi connectivity index (χ0n) is 10.7. The van der Waals surface area contributed by atoms with Crippen LogP contribution in [0.1, 0.15) is 31.3 Å². The Hall–Kier alpha value is -1.13. The highest BCUT2D eigenvalue weighted by Gasteiger charge is 2.23. The molecule has 0 aromatic carbocycles. The van der Waals surface area contributed by atoms with Crippen LogP contribution in [0.25, 0.3) is 10.8 Å². The quantitative estimate of drug-likeness (QED) is 0.907. The van der Waals surface area contributed by atoms with Gasteiger partial charge in [0.1, 0.15) is 0 Å². The van der Waals surface area contributed by atoms with Gasteiger partial charge in [-0.05, 0) is 19.2 Å². The van der Waals surface area contributed by atoms with Crippen LogP contribution in [0.15, 0.2) is 22.8 Å². The van der Waals surface area contributed by atoms with E-state index in [1.54, 1.807) is 17.6 Å². The lowest BCUT2D eigenvalue weighted by Gasteiger charge is -2.17. The van der Waals surface area contributed by atoms with Gasteiger partial charge in [-0.3, -0.25) is 0 Å². The minimum atomic E-state index is 0.0630. The van der Waals surface area contributed by atoms with Crippen molar-refractivity contribution in [3.8, 4) is 10.8 Å². The number of nitrogens with one attached hydrogen (secondary N) is 1. The van der Waals surface area contributed by atoms with Crippen molar-refractivity contribution < 1.29 is 4.42 Å². The molecule has 4 heteroatoms. The average Bonchev–Trinajstić information content (AvgIpc) is 2.82. The number of nitrogens with zero attached hydrogens (tertiary/aromatic N) is 1. The third-order valence-electron chi connectivity index (χ3n) is 2.48. The summed E-state index contributed by atoms with van der Waals surface area (Å²) in [5, 5.41) is 4.16. The van der Waals surface area contributed by atoms with Crippen molar-refractivity contribution in [1.29, 1.82) is 0 Å². The normalized spacial score (nSPS) is 12.0. The summed E-state index contributed by atoms with van der Waals surface area (Å²) in [6, 6.07) is 3.85. The van der Waals surface area contributed by atoms with Crippen molar-refractivity contribution >= 4 is 11.3 Å². The molecule has 0 aliphatic heterocycles. The van der Waals surface area contributed by atoms with Crippen molar-refractivity contribution in [3.05, 3.63) is 29.0 Å². The monoisotopic (exact) mass is 250 g/mol. The highest BCUT2D eigenvalue weighted by atomic mass is 32.1. The van der Waals surface area contributed by atoms with Gasteiger partial charge in [-0.1, -0.05) is 20.8 Å². The molecule has 0 bridgehead atoms. The minimum Gasteiger partial charge on any atom is -0.462 e. The van der Waals surface area contributed by atoms with Gasteiger partial charge < -0.3 is 9.73 Å². The van der Waals surface area contributed by atoms with E-state index in [4.69, 9.17) is 9.40 Å². The maximum atomic E-state index is 5.41. The fraction of sp³-hybridized carbons (Fsp3) is 0.462. The maximum Gasteiger partial charge on any atom is 0.162 e. The summed E-state index contributed by atoms with van der Waals surface area (Å²) in [5.74, 6) is 0.850. The molecule has 0 aliphatic rings. The first-order valence-electron chi connectivity index (χ1n) is 5.71. The summed E-state index contributed by atoms with van der Waals surface area (Å²) in [6.07, 6.45) is 1.69. The Kier molecular flexibility index (Phi) is 3.35. The average molecular weight is 250 g/mol. The van der Waals surface area contributed by atoms with Crippen molar-refractivity contribution in [3.63, 3.8) is 0 Å². The van der Waals surface area contributed by atoms with Crippen LogP contribution in [0.2, 0.25) is 0 Å². The number of hydrogen-bond donors (Lipinski definition) is 1. The molecule has 0 atom stereocenters. The van der Waals surface area contributed by atoms with E-state index in [2.05, 4.69) is 26.1 Å². The van der Waals surface area contributed by atoms with E-state index in [0.29, 0.717) is 0 Å². The zero-order valence-corrected chi connectivity index (χ0v) is 11.5. The highest BCUT2D eigenvalue weighted by Crippen LogP contribution is 2.34. The second kappa shape index (κ2) is 4.63. The molecule has 0 unspecified atom stereocenters. The zero-order chi connectivity index (χ0) is 12.5. The molecule has 2 rings (SSSR count). The molecule has 17 heavy (non-hydrogen) atoms. The lowest BCUT2D eigenvalue weighted by Crippen LogP contribution is -2.16. The molecule has 1 N–H and O–H groups in total. The summed E-state index contributed by atoms with van der Waals surface area (Å²) >= 11 is 1.70. The number of rotatable bonds is 3. The van der Waals surface area contributed by atoms with E-state index < -0.39 is 0 Å². The first-order valence-corrected chi connectivity index (χ1v) is 6.52. The van der Waals surface area contributed by atoms with Crippen LogP contribution >= 0.6 is 11.3 Å². The van der Waals surface area contributed by atoms with Crippen LogP contribution in [-0.2, 0) is 12.0 Å². The lowest BCUT2D eigenvalue weighted by atomic mass is 9.91. The van der Waals surface area contributed by atoms with E-state index in [1.165, 1.54) is 4.88 Å². The summed E-state index contributed by atoms with van der Waals surface area (Å²) in [4.78, 5) is 6.01. The Balaban J connectivity index is 2.45. The number of furan rings is 1. The number of aromatic nitrogens is 1. The molecular formula is C13H18N2OS. The Bertz CT molecular complexity index is 480. The number of thiazole rings is 1. The molecule has 2 heterocycles. The molecule has 0 aliphatic carbocycles. The van der Waals surface area contributed by atoms with E-state index in [1.807, 2.05) is 19.2 Å². The Morgan fingerprint density at radius 1 is 1.41 bits per heavy atom.